The second kappa shape index (κ2) is 4.00. The van der Waals surface area contributed by atoms with Crippen LogP contribution in [-0.4, -0.2) is 20.9 Å². The van der Waals surface area contributed by atoms with Gasteiger partial charge in [0.15, 0.2) is 0 Å². The normalized spacial score (nSPS) is 12.9. The van der Waals surface area contributed by atoms with Crippen molar-refractivity contribution in [1.29, 1.82) is 0 Å². The molecule has 0 radical (unpaired) electrons. The average molecular weight is 217 g/mol. The van der Waals surface area contributed by atoms with Crippen molar-refractivity contribution in [1.82, 2.24) is 9.78 Å². The number of hydrogen-bond donors (Lipinski definition) is 1. The van der Waals surface area contributed by atoms with Gasteiger partial charge in [0.2, 0.25) is 0 Å². The average Bonchev–Trinajstić information content (AvgIpc) is 2.32. The molecule has 78 valence electrons. The first-order valence-corrected chi connectivity index (χ1v) is 4.72. The molecule has 1 aromatic heterocycles. The van der Waals surface area contributed by atoms with Gasteiger partial charge in [0.25, 0.3) is 0 Å². The molecule has 0 aromatic carbocycles. The molecule has 0 fully saturated rings. The summed E-state index contributed by atoms with van der Waals surface area (Å²) in [4.78, 5) is 10.7. The monoisotopic (exact) mass is 216 g/mol. The first-order chi connectivity index (χ1) is 6.43. The molecular formula is C9H13ClN2O2. The molecule has 1 aromatic rings. The largest absolute Gasteiger partial charge is 0.481 e. The highest BCUT2D eigenvalue weighted by atomic mass is 35.5. The van der Waals surface area contributed by atoms with Gasteiger partial charge in [0, 0.05) is 12.6 Å². The Hall–Kier alpha value is -1.03. The van der Waals surface area contributed by atoms with Crippen LogP contribution < -0.4 is 0 Å². The third-order valence-electron chi connectivity index (χ3n) is 2.20. The van der Waals surface area contributed by atoms with Crippen molar-refractivity contribution in [3.8, 4) is 0 Å². The zero-order valence-electron chi connectivity index (χ0n) is 8.41. The Kier molecular flexibility index (Phi) is 3.16. The Balaban J connectivity index is 2.91. The maximum Gasteiger partial charge on any atom is 0.306 e. The van der Waals surface area contributed by atoms with E-state index in [2.05, 4.69) is 5.10 Å². The number of rotatable bonds is 3. The molecule has 0 aliphatic heterocycles. The molecule has 1 unspecified atom stereocenters. The van der Waals surface area contributed by atoms with Crippen LogP contribution in [0.5, 0.6) is 0 Å². The van der Waals surface area contributed by atoms with Gasteiger partial charge in [0.05, 0.1) is 11.6 Å². The van der Waals surface area contributed by atoms with E-state index in [1.54, 1.807) is 18.7 Å². The number of carboxylic acids is 1. The number of aromatic nitrogens is 2. The van der Waals surface area contributed by atoms with Gasteiger partial charge in [-0.1, -0.05) is 18.5 Å². The molecule has 0 saturated heterocycles. The lowest BCUT2D eigenvalue weighted by molar-refractivity contribution is -0.141. The van der Waals surface area contributed by atoms with Crippen molar-refractivity contribution < 1.29 is 9.90 Å². The summed E-state index contributed by atoms with van der Waals surface area (Å²) in [5, 5.41) is 13.4. The summed E-state index contributed by atoms with van der Waals surface area (Å²) in [6.45, 7) is 3.49. The van der Waals surface area contributed by atoms with Crippen LogP contribution in [0.25, 0.3) is 0 Å². The van der Waals surface area contributed by atoms with Crippen LogP contribution >= 0.6 is 11.6 Å². The van der Waals surface area contributed by atoms with Crippen LogP contribution in [-0.2, 0) is 18.3 Å². The molecule has 1 heterocycles. The summed E-state index contributed by atoms with van der Waals surface area (Å²) in [6, 6.07) is 0. The first kappa shape index (κ1) is 11.0. The second-order valence-corrected chi connectivity index (χ2v) is 3.78. The Morgan fingerprint density at radius 2 is 2.29 bits per heavy atom. The topological polar surface area (TPSA) is 55.1 Å². The molecule has 1 N–H and O–H groups in total. The zero-order valence-corrected chi connectivity index (χ0v) is 9.17. The molecular weight excluding hydrogens is 204 g/mol. The Morgan fingerprint density at radius 1 is 1.71 bits per heavy atom. The van der Waals surface area contributed by atoms with Crippen molar-refractivity contribution in [3.63, 3.8) is 0 Å². The van der Waals surface area contributed by atoms with Gasteiger partial charge in [-0.05, 0) is 13.3 Å². The fourth-order valence-corrected chi connectivity index (χ4v) is 1.55. The van der Waals surface area contributed by atoms with Crippen molar-refractivity contribution in [2.24, 2.45) is 13.0 Å². The second-order valence-electron chi connectivity index (χ2n) is 3.42. The third-order valence-corrected chi connectivity index (χ3v) is 2.67. The summed E-state index contributed by atoms with van der Waals surface area (Å²) in [5.41, 5.74) is 1.62. The van der Waals surface area contributed by atoms with Crippen LogP contribution in [0.1, 0.15) is 18.2 Å². The summed E-state index contributed by atoms with van der Waals surface area (Å²) < 4.78 is 1.56. The quantitative estimate of drug-likeness (QED) is 0.836. The Bertz CT molecular complexity index is 360. The lowest BCUT2D eigenvalue weighted by Gasteiger charge is -2.05. The van der Waals surface area contributed by atoms with Gasteiger partial charge in [0.1, 0.15) is 5.15 Å². The third kappa shape index (κ3) is 2.07. The van der Waals surface area contributed by atoms with Gasteiger partial charge < -0.3 is 5.11 Å². The van der Waals surface area contributed by atoms with Crippen LogP contribution in [0, 0.1) is 12.8 Å². The number of nitrogens with zero attached hydrogens (tertiary/aromatic N) is 2. The van der Waals surface area contributed by atoms with E-state index in [0.717, 1.165) is 11.3 Å². The van der Waals surface area contributed by atoms with Crippen molar-refractivity contribution in [2.45, 2.75) is 20.3 Å². The van der Waals surface area contributed by atoms with E-state index >= 15 is 0 Å². The van der Waals surface area contributed by atoms with E-state index in [1.807, 2.05) is 6.92 Å². The molecule has 1 rings (SSSR count). The van der Waals surface area contributed by atoms with Crippen molar-refractivity contribution in [3.05, 3.63) is 16.4 Å². The molecule has 4 nitrogen and oxygen atoms in total. The van der Waals surface area contributed by atoms with Crippen LogP contribution in [0.15, 0.2) is 0 Å². The number of hydrogen-bond acceptors (Lipinski definition) is 2. The SMILES string of the molecule is Cc1nn(C)c(Cl)c1CC(C)C(=O)O. The lowest BCUT2D eigenvalue weighted by atomic mass is 10.0. The number of aryl methyl sites for hydroxylation is 2. The number of aliphatic carboxylic acids is 1. The lowest BCUT2D eigenvalue weighted by Crippen LogP contribution is -2.12. The van der Waals surface area contributed by atoms with E-state index in [-0.39, 0.29) is 0 Å². The molecule has 0 spiro atoms. The highest BCUT2D eigenvalue weighted by molar-refractivity contribution is 6.30. The zero-order chi connectivity index (χ0) is 10.9. The summed E-state index contributed by atoms with van der Waals surface area (Å²) in [7, 11) is 1.74. The minimum atomic E-state index is -0.815. The first-order valence-electron chi connectivity index (χ1n) is 4.34. The molecule has 5 heteroatoms. The fraction of sp³-hybridized carbons (Fsp3) is 0.556. The standard InChI is InChI=1S/C9H13ClN2O2/c1-5(9(13)14)4-7-6(2)11-12(3)8(7)10/h5H,4H2,1-3H3,(H,13,14). The number of halogens is 1. The van der Waals surface area contributed by atoms with Gasteiger partial charge in [-0.3, -0.25) is 9.48 Å². The fourth-order valence-electron chi connectivity index (χ4n) is 1.30. The molecule has 0 saturated carbocycles. The van der Waals surface area contributed by atoms with E-state index in [1.165, 1.54) is 0 Å². The molecule has 0 aliphatic rings. The highest BCUT2D eigenvalue weighted by Gasteiger charge is 2.18. The van der Waals surface area contributed by atoms with Gasteiger partial charge in [-0.2, -0.15) is 5.10 Å². The molecule has 0 aliphatic carbocycles. The summed E-state index contributed by atoms with van der Waals surface area (Å²) in [5.74, 6) is -1.25. The van der Waals surface area contributed by atoms with Crippen molar-refractivity contribution >= 4 is 17.6 Å². The summed E-state index contributed by atoms with van der Waals surface area (Å²) >= 11 is 5.97. The van der Waals surface area contributed by atoms with E-state index in [9.17, 15) is 4.79 Å². The van der Waals surface area contributed by atoms with E-state index < -0.39 is 11.9 Å². The maximum atomic E-state index is 10.7. The molecule has 14 heavy (non-hydrogen) atoms. The molecule has 0 bridgehead atoms. The van der Waals surface area contributed by atoms with Crippen LogP contribution in [0.4, 0.5) is 0 Å². The van der Waals surface area contributed by atoms with Crippen molar-refractivity contribution in [2.75, 3.05) is 0 Å². The smallest absolute Gasteiger partial charge is 0.306 e. The van der Waals surface area contributed by atoms with Crippen LogP contribution in [0.2, 0.25) is 5.15 Å². The predicted octanol–water partition coefficient (Wildman–Crippen LogP) is 1.65. The van der Waals surface area contributed by atoms with Gasteiger partial charge >= 0.3 is 5.97 Å². The number of carbonyl (C=O) groups is 1. The van der Waals surface area contributed by atoms with Gasteiger partial charge in [-0.25, -0.2) is 0 Å². The molecule has 0 amide bonds. The van der Waals surface area contributed by atoms with E-state index in [0.29, 0.717) is 11.6 Å². The van der Waals surface area contributed by atoms with Gasteiger partial charge in [-0.15, -0.1) is 0 Å². The maximum absolute atomic E-state index is 10.7. The minimum absolute atomic E-state index is 0.424. The minimum Gasteiger partial charge on any atom is -0.481 e. The summed E-state index contributed by atoms with van der Waals surface area (Å²) in [6.07, 6.45) is 0.424. The Labute approximate surface area is 87.5 Å². The highest BCUT2D eigenvalue weighted by Crippen LogP contribution is 2.21. The Morgan fingerprint density at radius 3 is 2.64 bits per heavy atom. The predicted molar refractivity (Wildman–Crippen MR) is 53.5 cm³/mol. The molecule has 1 atom stereocenters. The van der Waals surface area contributed by atoms with Crippen LogP contribution in [0.3, 0.4) is 0 Å². The number of carboxylic acid groups (broad SMARTS) is 1. The van der Waals surface area contributed by atoms with E-state index in [4.69, 9.17) is 16.7 Å².